The lowest BCUT2D eigenvalue weighted by atomic mass is 9.92. The monoisotopic (exact) mass is 581 g/mol. The SMILES string of the molecule is Cc1ccc(OC2CCN(C(=O)c3ccc(C(=O)NC4CCC(Oc5ccc(C(F)(F)F)cc5)CC4)nc3)CC2)cc1. The van der Waals surface area contributed by atoms with Crippen molar-refractivity contribution in [1.82, 2.24) is 15.2 Å². The van der Waals surface area contributed by atoms with Gasteiger partial charge in [0.1, 0.15) is 23.3 Å². The van der Waals surface area contributed by atoms with E-state index in [4.69, 9.17) is 9.47 Å². The van der Waals surface area contributed by atoms with Crippen molar-refractivity contribution in [3.63, 3.8) is 0 Å². The van der Waals surface area contributed by atoms with Crippen LogP contribution in [0.5, 0.6) is 11.5 Å². The fraction of sp³-hybridized carbons (Fsp3) is 0.406. The van der Waals surface area contributed by atoms with Gasteiger partial charge in [0.2, 0.25) is 0 Å². The number of aromatic nitrogens is 1. The van der Waals surface area contributed by atoms with Crippen LogP contribution in [0.25, 0.3) is 0 Å². The average Bonchev–Trinajstić information content (AvgIpc) is 2.99. The predicted octanol–water partition coefficient (Wildman–Crippen LogP) is 6.21. The number of alkyl halides is 3. The molecule has 2 amide bonds. The molecule has 1 N–H and O–H groups in total. The molecular formula is C32H34F3N3O4. The van der Waals surface area contributed by atoms with Crippen LogP contribution < -0.4 is 14.8 Å². The van der Waals surface area contributed by atoms with Crippen molar-refractivity contribution in [1.29, 1.82) is 0 Å². The van der Waals surface area contributed by atoms with Gasteiger partial charge in [0, 0.05) is 38.2 Å². The molecule has 2 fully saturated rings. The molecule has 5 rings (SSSR count). The Bertz CT molecular complexity index is 1350. The van der Waals surface area contributed by atoms with E-state index in [2.05, 4.69) is 10.3 Å². The molecule has 42 heavy (non-hydrogen) atoms. The molecule has 1 aromatic heterocycles. The number of halogens is 3. The fourth-order valence-corrected chi connectivity index (χ4v) is 5.32. The lowest BCUT2D eigenvalue weighted by molar-refractivity contribution is -0.137. The molecule has 2 aliphatic rings. The highest BCUT2D eigenvalue weighted by molar-refractivity contribution is 5.96. The Labute approximate surface area is 243 Å². The molecule has 1 aliphatic carbocycles. The topological polar surface area (TPSA) is 80.8 Å². The molecule has 1 aliphatic heterocycles. The van der Waals surface area contributed by atoms with E-state index < -0.39 is 11.7 Å². The van der Waals surface area contributed by atoms with Gasteiger partial charge >= 0.3 is 6.18 Å². The van der Waals surface area contributed by atoms with Crippen molar-refractivity contribution in [2.75, 3.05) is 13.1 Å². The number of likely N-dealkylation sites (tertiary alicyclic amines) is 1. The summed E-state index contributed by atoms with van der Waals surface area (Å²) in [6.07, 6.45) is 1.17. The van der Waals surface area contributed by atoms with Crippen LogP contribution in [0.2, 0.25) is 0 Å². The van der Waals surface area contributed by atoms with Gasteiger partial charge in [0.05, 0.1) is 17.2 Å². The highest BCUT2D eigenvalue weighted by atomic mass is 19.4. The molecule has 0 bridgehead atoms. The first-order valence-electron chi connectivity index (χ1n) is 14.3. The van der Waals surface area contributed by atoms with Crippen LogP contribution in [0.1, 0.15) is 70.5 Å². The predicted molar refractivity (Wildman–Crippen MR) is 151 cm³/mol. The minimum Gasteiger partial charge on any atom is -0.490 e. The Kier molecular flexibility index (Phi) is 8.99. The van der Waals surface area contributed by atoms with E-state index >= 15 is 0 Å². The van der Waals surface area contributed by atoms with Crippen LogP contribution in [0, 0.1) is 6.92 Å². The third-order valence-corrected chi connectivity index (χ3v) is 7.79. The molecule has 1 saturated heterocycles. The minimum atomic E-state index is -4.38. The lowest BCUT2D eigenvalue weighted by Gasteiger charge is -2.32. The van der Waals surface area contributed by atoms with Gasteiger partial charge in [0.15, 0.2) is 0 Å². The summed E-state index contributed by atoms with van der Waals surface area (Å²) in [6.45, 7) is 3.20. The quantitative estimate of drug-likeness (QED) is 0.359. The van der Waals surface area contributed by atoms with Crippen molar-refractivity contribution < 1.29 is 32.2 Å². The van der Waals surface area contributed by atoms with E-state index in [0.29, 0.717) is 50.1 Å². The number of benzene rings is 2. The molecule has 0 spiro atoms. The summed E-state index contributed by atoms with van der Waals surface area (Å²) < 4.78 is 50.2. The normalized spacial score (nSPS) is 19.7. The summed E-state index contributed by atoms with van der Waals surface area (Å²) in [4.78, 5) is 31.8. The Morgan fingerprint density at radius 3 is 1.93 bits per heavy atom. The van der Waals surface area contributed by atoms with Crippen LogP contribution in [0.4, 0.5) is 13.2 Å². The number of carbonyl (C=O) groups excluding carboxylic acids is 2. The van der Waals surface area contributed by atoms with Gasteiger partial charge in [-0.05, 0) is 81.1 Å². The van der Waals surface area contributed by atoms with E-state index in [1.165, 1.54) is 23.9 Å². The number of hydrogen-bond donors (Lipinski definition) is 1. The molecular weight excluding hydrogens is 547 g/mol. The summed E-state index contributed by atoms with van der Waals surface area (Å²) in [7, 11) is 0. The number of carbonyl (C=O) groups is 2. The molecule has 10 heteroatoms. The maximum absolute atomic E-state index is 13.0. The van der Waals surface area contributed by atoms with Gasteiger partial charge in [0.25, 0.3) is 11.8 Å². The summed E-state index contributed by atoms with van der Waals surface area (Å²) >= 11 is 0. The molecule has 2 aromatic carbocycles. The molecule has 0 radical (unpaired) electrons. The van der Waals surface area contributed by atoms with Crippen molar-refractivity contribution in [3.8, 4) is 11.5 Å². The van der Waals surface area contributed by atoms with Crippen LogP contribution in [-0.4, -0.2) is 53.0 Å². The zero-order valence-corrected chi connectivity index (χ0v) is 23.4. The van der Waals surface area contributed by atoms with Gasteiger partial charge in [-0.15, -0.1) is 0 Å². The summed E-state index contributed by atoms with van der Waals surface area (Å²) in [6, 6.07) is 15.8. The van der Waals surface area contributed by atoms with Crippen molar-refractivity contribution in [2.24, 2.45) is 0 Å². The number of pyridine rings is 1. The summed E-state index contributed by atoms with van der Waals surface area (Å²) in [5.41, 5.74) is 1.14. The molecule has 1 saturated carbocycles. The summed E-state index contributed by atoms with van der Waals surface area (Å²) in [5.74, 6) is 0.807. The minimum absolute atomic E-state index is 0.0588. The van der Waals surface area contributed by atoms with Crippen molar-refractivity contribution in [3.05, 3.63) is 89.2 Å². The maximum atomic E-state index is 13.0. The highest BCUT2D eigenvalue weighted by Crippen LogP contribution is 2.31. The van der Waals surface area contributed by atoms with Crippen molar-refractivity contribution in [2.45, 2.75) is 69.9 Å². The van der Waals surface area contributed by atoms with Crippen molar-refractivity contribution >= 4 is 11.8 Å². The molecule has 0 atom stereocenters. The number of nitrogens with zero attached hydrogens (tertiary/aromatic N) is 2. The number of piperidine rings is 1. The molecule has 7 nitrogen and oxygen atoms in total. The fourth-order valence-electron chi connectivity index (χ4n) is 5.32. The number of aryl methyl sites for hydroxylation is 1. The zero-order chi connectivity index (χ0) is 29.7. The van der Waals surface area contributed by atoms with Crippen LogP contribution in [-0.2, 0) is 6.18 Å². The number of ether oxygens (including phenoxy) is 2. The largest absolute Gasteiger partial charge is 0.490 e. The van der Waals surface area contributed by atoms with E-state index in [9.17, 15) is 22.8 Å². The Balaban J connectivity index is 1.04. The zero-order valence-electron chi connectivity index (χ0n) is 23.4. The second kappa shape index (κ2) is 12.8. The third kappa shape index (κ3) is 7.60. The second-order valence-corrected chi connectivity index (χ2v) is 10.9. The average molecular weight is 582 g/mol. The van der Waals surface area contributed by atoms with Crippen LogP contribution >= 0.6 is 0 Å². The first-order valence-corrected chi connectivity index (χ1v) is 14.3. The van der Waals surface area contributed by atoms with Gasteiger partial charge in [-0.1, -0.05) is 17.7 Å². The van der Waals surface area contributed by atoms with E-state index in [1.807, 2.05) is 31.2 Å². The maximum Gasteiger partial charge on any atom is 0.416 e. The van der Waals surface area contributed by atoms with Gasteiger partial charge < -0.3 is 19.7 Å². The first kappa shape index (κ1) is 29.4. The molecule has 2 heterocycles. The Morgan fingerprint density at radius 1 is 0.810 bits per heavy atom. The number of rotatable bonds is 7. The highest BCUT2D eigenvalue weighted by Gasteiger charge is 2.31. The third-order valence-electron chi connectivity index (χ3n) is 7.79. The standard InChI is InChI=1S/C32H34F3N3O4/c1-21-2-9-25(10-3-21)42-28-16-18-38(19-17-28)31(40)22-4-15-29(36-20-22)30(39)37-24-7-13-27(14-8-24)41-26-11-5-23(6-12-26)32(33,34)35/h2-6,9-12,15,20,24,27-28H,7-8,13-14,16-19H2,1H3,(H,37,39). The van der Waals surface area contributed by atoms with Gasteiger partial charge in [-0.25, -0.2) is 0 Å². The second-order valence-electron chi connectivity index (χ2n) is 10.9. The number of nitrogens with one attached hydrogen (secondary N) is 1. The summed E-state index contributed by atoms with van der Waals surface area (Å²) in [5, 5.41) is 2.99. The van der Waals surface area contributed by atoms with Crippen LogP contribution in [0.15, 0.2) is 66.9 Å². The van der Waals surface area contributed by atoms with Gasteiger partial charge in [-0.3, -0.25) is 14.6 Å². The molecule has 3 aromatic rings. The Morgan fingerprint density at radius 2 is 1.38 bits per heavy atom. The van der Waals surface area contributed by atoms with Gasteiger partial charge in [-0.2, -0.15) is 13.2 Å². The molecule has 222 valence electrons. The first-order chi connectivity index (χ1) is 20.1. The van der Waals surface area contributed by atoms with E-state index in [0.717, 1.165) is 30.7 Å². The van der Waals surface area contributed by atoms with Crippen LogP contribution in [0.3, 0.4) is 0 Å². The molecule has 0 unspecified atom stereocenters. The lowest BCUT2D eigenvalue weighted by Crippen LogP contribution is -2.42. The number of amides is 2. The smallest absolute Gasteiger partial charge is 0.416 e. The van der Waals surface area contributed by atoms with E-state index in [-0.39, 0.29) is 35.8 Å². The number of hydrogen-bond acceptors (Lipinski definition) is 5. The Hall–Kier alpha value is -4.08. The van der Waals surface area contributed by atoms with E-state index in [1.54, 1.807) is 17.0 Å².